The lowest BCUT2D eigenvalue weighted by atomic mass is 10.2. The van der Waals surface area contributed by atoms with Gasteiger partial charge in [-0.15, -0.1) is 0 Å². The summed E-state index contributed by atoms with van der Waals surface area (Å²) in [6, 6.07) is 9.10. The maximum absolute atomic E-state index is 11.3. The van der Waals surface area contributed by atoms with Crippen molar-refractivity contribution >= 4 is 5.97 Å². The molecule has 1 aromatic carbocycles. The molecule has 0 aliphatic rings. The van der Waals surface area contributed by atoms with E-state index >= 15 is 0 Å². The first-order valence-electron chi connectivity index (χ1n) is 5.76. The fourth-order valence-electron chi connectivity index (χ4n) is 1.33. The predicted molar refractivity (Wildman–Crippen MR) is 65.4 cm³/mol. The third-order valence-corrected chi connectivity index (χ3v) is 2.19. The monoisotopic (exact) mass is 218 g/mol. The van der Waals surface area contributed by atoms with Crippen LogP contribution in [0.15, 0.2) is 42.5 Å². The molecule has 1 rings (SSSR count). The molecule has 0 unspecified atom stereocenters. The van der Waals surface area contributed by atoms with Crippen molar-refractivity contribution in [1.82, 2.24) is 0 Å². The Balaban J connectivity index is 2.25. The van der Waals surface area contributed by atoms with Gasteiger partial charge in [-0.25, -0.2) is 4.79 Å². The molecular weight excluding hydrogens is 200 g/mol. The van der Waals surface area contributed by atoms with E-state index in [4.69, 9.17) is 4.74 Å². The van der Waals surface area contributed by atoms with Crippen molar-refractivity contribution in [1.29, 1.82) is 0 Å². The molecule has 0 atom stereocenters. The van der Waals surface area contributed by atoms with E-state index in [0.717, 1.165) is 12.8 Å². The van der Waals surface area contributed by atoms with Crippen LogP contribution < -0.4 is 4.74 Å². The number of esters is 1. The zero-order valence-corrected chi connectivity index (χ0v) is 9.69. The van der Waals surface area contributed by atoms with Crippen molar-refractivity contribution in [3.05, 3.63) is 42.5 Å². The van der Waals surface area contributed by atoms with Gasteiger partial charge in [0.2, 0.25) is 0 Å². The topological polar surface area (TPSA) is 26.3 Å². The number of hydrogen-bond acceptors (Lipinski definition) is 2. The van der Waals surface area contributed by atoms with Gasteiger partial charge >= 0.3 is 5.97 Å². The lowest BCUT2D eigenvalue weighted by Crippen LogP contribution is -2.03. The van der Waals surface area contributed by atoms with Gasteiger partial charge < -0.3 is 4.74 Å². The van der Waals surface area contributed by atoms with Crippen LogP contribution in [0.1, 0.15) is 32.6 Å². The lowest BCUT2D eigenvalue weighted by molar-refractivity contribution is -0.129. The maximum Gasteiger partial charge on any atom is 0.335 e. The van der Waals surface area contributed by atoms with E-state index in [0.29, 0.717) is 5.75 Å². The summed E-state index contributed by atoms with van der Waals surface area (Å²) in [7, 11) is 0. The van der Waals surface area contributed by atoms with E-state index in [9.17, 15) is 4.79 Å². The highest BCUT2D eigenvalue weighted by atomic mass is 16.5. The fourth-order valence-corrected chi connectivity index (χ4v) is 1.33. The Bertz CT molecular complexity index is 328. The zero-order chi connectivity index (χ0) is 11.6. The number of allylic oxidation sites excluding steroid dienone is 1. The van der Waals surface area contributed by atoms with E-state index in [1.807, 2.05) is 24.3 Å². The third kappa shape index (κ3) is 5.35. The number of carbonyl (C=O) groups is 1. The molecule has 16 heavy (non-hydrogen) atoms. The second kappa shape index (κ2) is 7.69. The minimum atomic E-state index is -0.303. The third-order valence-electron chi connectivity index (χ3n) is 2.19. The largest absolute Gasteiger partial charge is 0.423 e. The van der Waals surface area contributed by atoms with E-state index < -0.39 is 0 Å². The molecule has 1 aromatic rings. The molecule has 0 fully saturated rings. The van der Waals surface area contributed by atoms with Crippen LogP contribution in [0.5, 0.6) is 5.75 Å². The average molecular weight is 218 g/mol. The Labute approximate surface area is 96.9 Å². The maximum atomic E-state index is 11.3. The molecule has 0 saturated heterocycles. The summed E-state index contributed by atoms with van der Waals surface area (Å²) in [5.74, 6) is 0.286. The van der Waals surface area contributed by atoms with Gasteiger partial charge in [0.25, 0.3) is 0 Å². The highest BCUT2D eigenvalue weighted by molar-refractivity contribution is 5.83. The van der Waals surface area contributed by atoms with Crippen LogP contribution in [0.4, 0.5) is 0 Å². The number of rotatable bonds is 6. The molecule has 0 aromatic heterocycles. The van der Waals surface area contributed by atoms with Crippen molar-refractivity contribution < 1.29 is 9.53 Å². The normalized spacial score (nSPS) is 10.6. The number of unbranched alkanes of at least 4 members (excludes halogenated alkanes) is 3. The molecule has 0 amide bonds. The van der Waals surface area contributed by atoms with Crippen molar-refractivity contribution in [3.8, 4) is 5.75 Å². The molecule has 86 valence electrons. The number of benzene rings is 1. The molecule has 0 saturated carbocycles. The molecule has 2 nitrogen and oxygen atoms in total. The highest BCUT2D eigenvalue weighted by Gasteiger charge is 1.97. The summed E-state index contributed by atoms with van der Waals surface area (Å²) < 4.78 is 5.10. The summed E-state index contributed by atoms with van der Waals surface area (Å²) >= 11 is 0. The second-order valence-electron chi connectivity index (χ2n) is 3.63. The molecule has 0 N–H and O–H groups in total. The molecular formula is C14H18O2. The Morgan fingerprint density at radius 1 is 1.25 bits per heavy atom. The van der Waals surface area contributed by atoms with Gasteiger partial charge in [-0.3, -0.25) is 0 Å². The number of para-hydroxylation sites is 1. The minimum absolute atomic E-state index is 0.303. The lowest BCUT2D eigenvalue weighted by Gasteiger charge is -1.99. The van der Waals surface area contributed by atoms with Crippen LogP contribution in [0.2, 0.25) is 0 Å². The van der Waals surface area contributed by atoms with Crippen molar-refractivity contribution in [2.45, 2.75) is 32.6 Å². The fraction of sp³-hybridized carbons (Fsp3) is 0.357. The van der Waals surface area contributed by atoms with Crippen molar-refractivity contribution in [2.24, 2.45) is 0 Å². The number of hydrogen-bond donors (Lipinski definition) is 0. The van der Waals surface area contributed by atoms with Crippen LogP contribution in [0.25, 0.3) is 0 Å². The van der Waals surface area contributed by atoms with E-state index in [2.05, 4.69) is 6.92 Å². The Morgan fingerprint density at radius 2 is 2.00 bits per heavy atom. The summed E-state index contributed by atoms with van der Waals surface area (Å²) in [4.78, 5) is 11.3. The highest BCUT2D eigenvalue weighted by Crippen LogP contribution is 2.08. The summed E-state index contributed by atoms with van der Waals surface area (Å²) in [5, 5.41) is 0. The number of carbonyl (C=O) groups excluding carboxylic acids is 1. The van der Waals surface area contributed by atoms with Gasteiger partial charge in [0, 0.05) is 6.08 Å². The van der Waals surface area contributed by atoms with Gasteiger partial charge in [-0.2, -0.15) is 0 Å². The van der Waals surface area contributed by atoms with E-state index in [1.54, 1.807) is 12.1 Å². The molecule has 0 aliphatic heterocycles. The van der Waals surface area contributed by atoms with Crippen LogP contribution >= 0.6 is 0 Å². The zero-order valence-electron chi connectivity index (χ0n) is 9.69. The first-order chi connectivity index (χ1) is 7.83. The van der Waals surface area contributed by atoms with E-state index in [1.165, 1.54) is 18.9 Å². The minimum Gasteiger partial charge on any atom is -0.423 e. The molecule has 2 heteroatoms. The first-order valence-corrected chi connectivity index (χ1v) is 5.76. The van der Waals surface area contributed by atoms with E-state index in [-0.39, 0.29) is 5.97 Å². The molecule has 0 aliphatic carbocycles. The standard InChI is InChI=1S/C14H18O2/c1-2-3-4-5-9-12-14(15)16-13-10-7-6-8-11-13/h6-12H,2-5H2,1H3. The molecule has 0 spiro atoms. The molecule has 0 radical (unpaired) electrons. The summed E-state index contributed by atoms with van der Waals surface area (Å²) in [5.41, 5.74) is 0. The SMILES string of the molecule is CCCCCC=CC(=O)Oc1ccccc1. The summed E-state index contributed by atoms with van der Waals surface area (Å²) in [6.45, 7) is 2.16. The van der Waals surface area contributed by atoms with Gasteiger partial charge in [0.15, 0.2) is 0 Å². The average Bonchev–Trinajstić information content (AvgIpc) is 2.30. The van der Waals surface area contributed by atoms with Gasteiger partial charge in [0.05, 0.1) is 0 Å². The predicted octanol–water partition coefficient (Wildman–Crippen LogP) is 3.73. The Kier molecular flexibility index (Phi) is 6.00. The summed E-state index contributed by atoms with van der Waals surface area (Å²) in [6.07, 6.45) is 7.85. The second-order valence-corrected chi connectivity index (χ2v) is 3.63. The Hall–Kier alpha value is -1.57. The van der Waals surface area contributed by atoms with Crippen molar-refractivity contribution in [3.63, 3.8) is 0 Å². The quantitative estimate of drug-likeness (QED) is 0.315. The first kappa shape index (κ1) is 12.5. The van der Waals surface area contributed by atoms with Gasteiger partial charge in [-0.1, -0.05) is 44.0 Å². The molecule has 0 heterocycles. The smallest absolute Gasteiger partial charge is 0.335 e. The Morgan fingerprint density at radius 3 is 2.69 bits per heavy atom. The number of ether oxygens (including phenoxy) is 1. The van der Waals surface area contributed by atoms with Crippen LogP contribution in [0.3, 0.4) is 0 Å². The van der Waals surface area contributed by atoms with Gasteiger partial charge in [0.1, 0.15) is 5.75 Å². The van der Waals surface area contributed by atoms with Crippen molar-refractivity contribution in [2.75, 3.05) is 0 Å². The van der Waals surface area contributed by atoms with Crippen LogP contribution in [-0.4, -0.2) is 5.97 Å². The van der Waals surface area contributed by atoms with Crippen LogP contribution in [0, 0.1) is 0 Å². The van der Waals surface area contributed by atoms with Gasteiger partial charge in [-0.05, 0) is 25.0 Å². The van der Waals surface area contributed by atoms with Crippen LogP contribution in [-0.2, 0) is 4.79 Å². The molecule has 0 bridgehead atoms.